The molecule has 34 heavy (non-hydrogen) atoms. The largest absolute Gasteiger partial charge is 0.454 e. The molecule has 1 aliphatic heterocycles. The summed E-state index contributed by atoms with van der Waals surface area (Å²) in [7, 11) is 0. The number of carbonyl (C=O) groups excluding carboxylic acids is 2. The summed E-state index contributed by atoms with van der Waals surface area (Å²) < 4.78 is 12.3. The molecule has 168 valence electrons. The van der Waals surface area contributed by atoms with E-state index in [9.17, 15) is 9.59 Å². The predicted molar refractivity (Wildman–Crippen MR) is 126 cm³/mol. The molecule has 4 aromatic rings. The molecule has 1 aliphatic rings. The molecule has 0 aliphatic carbocycles. The van der Waals surface area contributed by atoms with Crippen molar-refractivity contribution in [2.24, 2.45) is 0 Å². The Balaban J connectivity index is 1.30. The number of hydrazine groups is 1. The lowest BCUT2D eigenvalue weighted by Gasteiger charge is -2.06. The number of nitrogens with one attached hydrogen (secondary N) is 2. The Labute approximate surface area is 195 Å². The van der Waals surface area contributed by atoms with E-state index in [2.05, 4.69) is 10.9 Å². The van der Waals surface area contributed by atoms with Gasteiger partial charge in [0, 0.05) is 29.0 Å². The normalized spacial score (nSPS) is 12.0. The SMILES string of the molecule is O=C(/C=C/c1cn(-c2ccccc2)nc1-c1ccccc1)NNC(=O)c1ccc2c(c1)OCO2. The molecule has 0 unspecified atom stereocenters. The Morgan fingerprint density at radius 2 is 1.62 bits per heavy atom. The predicted octanol–water partition coefficient (Wildman–Crippen LogP) is 3.74. The van der Waals surface area contributed by atoms with Crippen molar-refractivity contribution >= 4 is 17.9 Å². The topological polar surface area (TPSA) is 94.5 Å². The summed E-state index contributed by atoms with van der Waals surface area (Å²) in [4.78, 5) is 24.7. The molecule has 0 radical (unpaired) electrons. The van der Waals surface area contributed by atoms with E-state index < -0.39 is 11.8 Å². The first kappa shape index (κ1) is 21.0. The van der Waals surface area contributed by atoms with Crippen molar-refractivity contribution in [3.8, 4) is 28.4 Å². The van der Waals surface area contributed by atoms with Crippen LogP contribution in [0.3, 0.4) is 0 Å². The van der Waals surface area contributed by atoms with Gasteiger partial charge < -0.3 is 9.47 Å². The van der Waals surface area contributed by atoms with Gasteiger partial charge in [0.1, 0.15) is 0 Å². The number of fused-ring (bicyclic) bond motifs is 1. The summed E-state index contributed by atoms with van der Waals surface area (Å²) in [6.07, 6.45) is 4.86. The Bertz CT molecular complexity index is 1360. The third-order valence-electron chi connectivity index (χ3n) is 5.16. The lowest BCUT2D eigenvalue weighted by molar-refractivity contribution is -0.117. The van der Waals surface area contributed by atoms with Crippen LogP contribution in [0.1, 0.15) is 15.9 Å². The highest BCUT2D eigenvalue weighted by Crippen LogP contribution is 2.32. The van der Waals surface area contributed by atoms with E-state index >= 15 is 0 Å². The van der Waals surface area contributed by atoms with E-state index in [4.69, 9.17) is 14.6 Å². The zero-order valence-electron chi connectivity index (χ0n) is 18.0. The van der Waals surface area contributed by atoms with Crippen LogP contribution in [0.25, 0.3) is 23.0 Å². The molecule has 8 heteroatoms. The molecular weight excluding hydrogens is 432 g/mol. The second-order valence-electron chi connectivity index (χ2n) is 7.42. The minimum atomic E-state index is -0.486. The number of amides is 2. The fourth-order valence-electron chi connectivity index (χ4n) is 3.48. The molecule has 8 nitrogen and oxygen atoms in total. The van der Waals surface area contributed by atoms with Gasteiger partial charge in [-0.1, -0.05) is 48.5 Å². The van der Waals surface area contributed by atoms with Crippen LogP contribution in [0.4, 0.5) is 0 Å². The molecule has 5 rings (SSSR count). The first-order chi connectivity index (χ1) is 16.7. The lowest BCUT2D eigenvalue weighted by Crippen LogP contribution is -2.40. The number of aromatic nitrogens is 2. The van der Waals surface area contributed by atoms with Gasteiger partial charge in [0.05, 0.1) is 11.4 Å². The van der Waals surface area contributed by atoms with Crippen molar-refractivity contribution in [3.05, 3.63) is 102 Å². The molecule has 0 bridgehead atoms. The Kier molecular flexibility index (Phi) is 5.77. The molecule has 0 atom stereocenters. The van der Waals surface area contributed by atoms with Crippen LogP contribution in [0.15, 0.2) is 91.1 Å². The minimum absolute atomic E-state index is 0.119. The molecule has 2 amide bonds. The summed E-state index contributed by atoms with van der Waals surface area (Å²) >= 11 is 0. The second-order valence-corrected chi connectivity index (χ2v) is 7.42. The third kappa shape index (κ3) is 4.51. The molecule has 0 saturated heterocycles. The van der Waals surface area contributed by atoms with E-state index in [0.717, 1.165) is 22.5 Å². The fraction of sp³-hybridized carbons (Fsp3) is 0.0385. The van der Waals surface area contributed by atoms with Crippen molar-refractivity contribution in [2.45, 2.75) is 0 Å². The average molecular weight is 452 g/mol. The van der Waals surface area contributed by atoms with Crippen LogP contribution in [0.5, 0.6) is 11.5 Å². The zero-order valence-corrected chi connectivity index (χ0v) is 18.0. The molecule has 0 fully saturated rings. The van der Waals surface area contributed by atoms with E-state index in [-0.39, 0.29) is 6.79 Å². The Morgan fingerprint density at radius 1 is 0.882 bits per heavy atom. The van der Waals surface area contributed by atoms with Crippen LogP contribution in [0, 0.1) is 0 Å². The molecule has 1 aromatic heterocycles. The molecular formula is C26H20N4O4. The van der Waals surface area contributed by atoms with Gasteiger partial charge in [-0.25, -0.2) is 4.68 Å². The van der Waals surface area contributed by atoms with Gasteiger partial charge in [0.25, 0.3) is 11.8 Å². The van der Waals surface area contributed by atoms with E-state index in [1.54, 1.807) is 29.0 Å². The summed E-state index contributed by atoms with van der Waals surface area (Å²) in [6, 6.07) is 24.2. The number of para-hydroxylation sites is 1. The number of ether oxygens (including phenoxy) is 2. The molecule has 0 spiro atoms. The van der Waals surface area contributed by atoms with Crippen LogP contribution in [-0.2, 0) is 4.79 Å². The number of carbonyl (C=O) groups is 2. The summed E-state index contributed by atoms with van der Waals surface area (Å²) in [5.41, 5.74) is 8.44. The quantitative estimate of drug-likeness (QED) is 0.355. The van der Waals surface area contributed by atoms with Gasteiger partial charge in [0.2, 0.25) is 6.79 Å². The number of nitrogens with zero attached hydrogens (tertiary/aromatic N) is 2. The smallest absolute Gasteiger partial charge is 0.269 e. The van der Waals surface area contributed by atoms with Crippen molar-refractivity contribution in [2.75, 3.05) is 6.79 Å². The number of hydrogen-bond donors (Lipinski definition) is 2. The van der Waals surface area contributed by atoms with Gasteiger partial charge in [0.15, 0.2) is 11.5 Å². The highest BCUT2D eigenvalue weighted by molar-refractivity contribution is 5.98. The van der Waals surface area contributed by atoms with Crippen molar-refractivity contribution in [1.29, 1.82) is 0 Å². The van der Waals surface area contributed by atoms with Crippen molar-refractivity contribution < 1.29 is 19.1 Å². The van der Waals surface area contributed by atoms with Gasteiger partial charge in [-0.2, -0.15) is 5.10 Å². The maximum absolute atomic E-state index is 12.4. The first-order valence-electron chi connectivity index (χ1n) is 10.6. The lowest BCUT2D eigenvalue weighted by atomic mass is 10.1. The number of hydrogen-bond acceptors (Lipinski definition) is 5. The third-order valence-corrected chi connectivity index (χ3v) is 5.16. The average Bonchev–Trinajstić information content (AvgIpc) is 3.54. The Hall–Kier alpha value is -4.85. The van der Waals surface area contributed by atoms with Crippen molar-refractivity contribution in [3.63, 3.8) is 0 Å². The minimum Gasteiger partial charge on any atom is -0.454 e. The van der Waals surface area contributed by atoms with Crippen LogP contribution < -0.4 is 20.3 Å². The molecule has 2 N–H and O–H groups in total. The first-order valence-corrected chi connectivity index (χ1v) is 10.6. The van der Waals surface area contributed by atoms with Gasteiger partial charge in [-0.3, -0.25) is 20.4 Å². The second kappa shape index (κ2) is 9.33. The highest BCUT2D eigenvalue weighted by Gasteiger charge is 2.16. The number of rotatable bonds is 5. The maximum atomic E-state index is 12.4. The van der Waals surface area contributed by atoms with Crippen molar-refractivity contribution in [1.82, 2.24) is 20.6 Å². The van der Waals surface area contributed by atoms with E-state index in [1.165, 1.54) is 6.08 Å². The Morgan fingerprint density at radius 3 is 2.41 bits per heavy atom. The van der Waals surface area contributed by atoms with Crippen LogP contribution >= 0.6 is 0 Å². The van der Waals surface area contributed by atoms with Gasteiger partial charge in [-0.05, 0) is 36.4 Å². The van der Waals surface area contributed by atoms with E-state index in [1.807, 2.05) is 66.9 Å². The summed E-state index contributed by atoms with van der Waals surface area (Å²) in [5.74, 6) is 0.110. The fourth-order valence-corrected chi connectivity index (χ4v) is 3.48. The molecule has 3 aromatic carbocycles. The summed E-state index contributed by atoms with van der Waals surface area (Å²) in [6.45, 7) is 0.119. The zero-order chi connectivity index (χ0) is 23.3. The standard InChI is InChI=1S/C26H20N4O4/c31-24(27-28-26(32)19-11-13-22-23(15-19)34-17-33-22)14-12-20-16-30(21-9-5-2-6-10-21)29-25(20)18-7-3-1-4-8-18/h1-16H,17H2,(H,27,31)(H,28,32)/b14-12+. The van der Waals surface area contributed by atoms with E-state index in [0.29, 0.717) is 17.1 Å². The highest BCUT2D eigenvalue weighted by atomic mass is 16.7. The van der Waals surface area contributed by atoms with Gasteiger partial charge >= 0.3 is 0 Å². The maximum Gasteiger partial charge on any atom is 0.269 e. The van der Waals surface area contributed by atoms with Crippen LogP contribution in [-0.4, -0.2) is 28.4 Å². The monoisotopic (exact) mass is 452 g/mol. The molecule has 0 saturated carbocycles. The summed E-state index contributed by atoms with van der Waals surface area (Å²) in [5, 5.41) is 4.71. The molecule has 2 heterocycles. The van der Waals surface area contributed by atoms with Crippen LogP contribution in [0.2, 0.25) is 0 Å². The van der Waals surface area contributed by atoms with Gasteiger partial charge in [-0.15, -0.1) is 0 Å². The number of benzene rings is 3.